The third kappa shape index (κ3) is 3.47. The molecule has 1 saturated heterocycles. The number of rotatable bonds is 4. The predicted octanol–water partition coefficient (Wildman–Crippen LogP) is 3.03. The number of hydrogen-bond donors (Lipinski definition) is 0. The first-order valence-electron chi connectivity index (χ1n) is 8.87. The third-order valence-corrected chi connectivity index (χ3v) is 5.34. The molecule has 0 bridgehead atoms. The van der Waals surface area contributed by atoms with Crippen LogP contribution in [0.5, 0.6) is 0 Å². The minimum absolute atomic E-state index is 0.694. The number of aromatic nitrogens is 2. The third-order valence-electron chi connectivity index (χ3n) is 5.34. The summed E-state index contributed by atoms with van der Waals surface area (Å²) in [5.41, 5.74) is 4.33. The molecule has 2 aliphatic rings. The summed E-state index contributed by atoms with van der Waals surface area (Å²) in [6.45, 7) is 2.36. The van der Waals surface area contributed by atoms with Crippen LogP contribution in [0.2, 0.25) is 0 Å². The summed E-state index contributed by atoms with van der Waals surface area (Å²) in [4.78, 5) is 7.01. The molecule has 2 aromatic rings. The molecule has 4 heteroatoms. The van der Waals surface area contributed by atoms with Gasteiger partial charge in [0.2, 0.25) is 5.89 Å². The second-order valence-electron chi connectivity index (χ2n) is 7.19. The average Bonchev–Trinajstić information content (AvgIpc) is 3.18. The molecule has 4 nitrogen and oxygen atoms in total. The van der Waals surface area contributed by atoms with Crippen LogP contribution in [0.3, 0.4) is 0 Å². The molecule has 1 aromatic heterocycles. The summed E-state index contributed by atoms with van der Waals surface area (Å²) in [6.07, 6.45) is 7.93. The molecule has 1 aliphatic heterocycles. The standard InChI is InChI=1S/C19H25N3O/c1-22-9-7-14(8-10-22)13-19-20-18(21-23-19)12-15-5-6-16-3-2-4-17(16)11-15/h5-6,11,14H,2-4,7-10,12-13H2,1H3. The van der Waals surface area contributed by atoms with E-state index in [0.29, 0.717) is 5.92 Å². The molecule has 0 saturated carbocycles. The monoisotopic (exact) mass is 311 g/mol. The maximum Gasteiger partial charge on any atom is 0.226 e. The van der Waals surface area contributed by atoms with Crippen LogP contribution in [-0.4, -0.2) is 35.2 Å². The van der Waals surface area contributed by atoms with E-state index < -0.39 is 0 Å². The van der Waals surface area contributed by atoms with E-state index in [1.807, 2.05) is 0 Å². The number of likely N-dealkylation sites (tertiary alicyclic amines) is 1. The van der Waals surface area contributed by atoms with E-state index in [1.165, 1.54) is 61.9 Å². The van der Waals surface area contributed by atoms with Crippen molar-refractivity contribution in [3.63, 3.8) is 0 Å². The van der Waals surface area contributed by atoms with Gasteiger partial charge < -0.3 is 9.42 Å². The smallest absolute Gasteiger partial charge is 0.226 e. The maximum absolute atomic E-state index is 5.48. The van der Waals surface area contributed by atoms with E-state index in [9.17, 15) is 0 Å². The highest BCUT2D eigenvalue weighted by molar-refractivity contribution is 5.36. The lowest BCUT2D eigenvalue weighted by molar-refractivity contribution is 0.208. The van der Waals surface area contributed by atoms with Gasteiger partial charge in [0.25, 0.3) is 0 Å². The summed E-state index contributed by atoms with van der Waals surface area (Å²) < 4.78 is 5.48. The second kappa shape index (κ2) is 6.44. The lowest BCUT2D eigenvalue weighted by Gasteiger charge is -2.27. The highest BCUT2D eigenvalue weighted by atomic mass is 16.5. The Labute approximate surface area is 137 Å². The molecular weight excluding hydrogens is 286 g/mol. The summed E-state index contributed by atoms with van der Waals surface area (Å²) in [5.74, 6) is 2.33. The summed E-state index contributed by atoms with van der Waals surface area (Å²) in [5, 5.41) is 4.19. The van der Waals surface area contributed by atoms with E-state index >= 15 is 0 Å². The fraction of sp³-hybridized carbons (Fsp3) is 0.579. The van der Waals surface area contributed by atoms with Gasteiger partial charge >= 0.3 is 0 Å². The van der Waals surface area contributed by atoms with Gasteiger partial charge in [-0.15, -0.1) is 0 Å². The van der Waals surface area contributed by atoms with Crippen LogP contribution in [-0.2, 0) is 25.7 Å². The number of hydrogen-bond acceptors (Lipinski definition) is 4. The second-order valence-corrected chi connectivity index (χ2v) is 7.19. The van der Waals surface area contributed by atoms with Crippen LogP contribution in [0, 0.1) is 5.92 Å². The van der Waals surface area contributed by atoms with Crippen molar-refractivity contribution in [1.82, 2.24) is 15.0 Å². The Morgan fingerprint density at radius 3 is 2.87 bits per heavy atom. The Balaban J connectivity index is 1.38. The first-order chi connectivity index (χ1) is 11.3. The SMILES string of the molecule is CN1CCC(Cc2nc(Cc3ccc4c(c3)CCC4)no2)CC1. The number of benzene rings is 1. The first kappa shape index (κ1) is 14.9. The topological polar surface area (TPSA) is 42.2 Å². The van der Waals surface area contributed by atoms with Crippen LogP contribution >= 0.6 is 0 Å². The van der Waals surface area contributed by atoms with E-state index in [1.54, 1.807) is 0 Å². The number of piperidine rings is 1. The normalized spacial score (nSPS) is 19.2. The molecule has 2 heterocycles. The van der Waals surface area contributed by atoms with Crippen LogP contribution in [0.15, 0.2) is 22.7 Å². The molecule has 0 amide bonds. The van der Waals surface area contributed by atoms with Crippen molar-refractivity contribution in [2.75, 3.05) is 20.1 Å². The van der Waals surface area contributed by atoms with Gasteiger partial charge in [-0.2, -0.15) is 4.98 Å². The Morgan fingerprint density at radius 2 is 2.00 bits per heavy atom. The van der Waals surface area contributed by atoms with Crippen LogP contribution in [0.25, 0.3) is 0 Å². The fourth-order valence-corrected chi connectivity index (χ4v) is 3.88. The van der Waals surface area contributed by atoms with Crippen LogP contribution < -0.4 is 0 Å². The van der Waals surface area contributed by atoms with Gasteiger partial charge in [-0.05, 0) is 74.8 Å². The molecular formula is C19H25N3O. The van der Waals surface area contributed by atoms with Gasteiger partial charge in [0.1, 0.15) is 0 Å². The highest BCUT2D eigenvalue weighted by Gasteiger charge is 2.20. The van der Waals surface area contributed by atoms with Gasteiger partial charge in [0.15, 0.2) is 5.82 Å². The zero-order valence-electron chi connectivity index (χ0n) is 13.9. The van der Waals surface area contributed by atoms with Crippen LogP contribution in [0.1, 0.15) is 47.7 Å². The Kier molecular flexibility index (Phi) is 4.17. The van der Waals surface area contributed by atoms with E-state index in [-0.39, 0.29) is 0 Å². The Hall–Kier alpha value is -1.68. The number of nitrogens with zero attached hydrogens (tertiary/aromatic N) is 3. The van der Waals surface area contributed by atoms with Crippen molar-refractivity contribution in [3.05, 3.63) is 46.6 Å². The first-order valence-corrected chi connectivity index (χ1v) is 8.87. The molecule has 0 radical (unpaired) electrons. The minimum atomic E-state index is 0.694. The largest absolute Gasteiger partial charge is 0.339 e. The summed E-state index contributed by atoms with van der Waals surface area (Å²) >= 11 is 0. The minimum Gasteiger partial charge on any atom is -0.339 e. The average molecular weight is 311 g/mol. The van der Waals surface area contributed by atoms with Crippen molar-refractivity contribution in [3.8, 4) is 0 Å². The summed E-state index contributed by atoms with van der Waals surface area (Å²) in [7, 11) is 2.19. The van der Waals surface area contributed by atoms with Crippen molar-refractivity contribution in [2.45, 2.75) is 44.9 Å². The lowest BCUT2D eigenvalue weighted by atomic mass is 9.94. The zero-order valence-corrected chi connectivity index (χ0v) is 13.9. The molecule has 1 aliphatic carbocycles. The molecule has 0 unspecified atom stereocenters. The molecule has 1 aromatic carbocycles. The van der Waals surface area contributed by atoms with Gasteiger partial charge in [0, 0.05) is 12.8 Å². The van der Waals surface area contributed by atoms with Crippen molar-refractivity contribution in [2.24, 2.45) is 5.92 Å². The van der Waals surface area contributed by atoms with E-state index in [0.717, 1.165) is 24.6 Å². The van der Waals surface area contributed by atoms with Gasteiger partial charge in [0.05, 0.1) is 0 Å². The Morgan fingerprint density at radius 1 is 1.17 bits per heavy atom. The van der Waals surface area contributed by atoms with E-state index in [2.05, 4.69) is 40.3 Å². The van der Waals surface area contributed by atoms with Crippen molar-refractivity contribution < 1.29 is 4.52 Å². The molecule has 122 valence electrons. The van der Waals surface area contributed by atoms with E-state index in [4.69, 9.17) is 4.52 Å². The maximum atomic E-state index is 5.48. The summed E-state index contributed by atoms with van der Waals surface area (Å²) in [6, 6.07) is 6.82. The van der Waals surface area contributed by atoms with Gasteiger partial charge in [-0.25, -0.2) is 0 Å². The molecule has 0 N–H and O–H groups in total. The molecule has 0 atom stereocenters. The molecule has 23 heavy (non-hydrogen) atoms. The molecule has 1 fully saturated rings. The zero-order chi connectivity index (χ0) is 15.6. The van der Waals surface area contributed by atoms with Crippen LogP contribution in [0.4, 0.5) is 0 Å². The fourth-order valence-electron chi connectivity index (χ4n) is 3.88. The van der Waals surface area contributed by atoms with Gasteiger partial charge in [-0.1, -0.05) is 23.4 Å². The predicted molar refractivity (Wildman–Crippen MR) is 89.5 cm³/mol. The highest BCUT2D eigenvalue weighted by Crippen LogP contribution is 2.24. The van der Waals surface area contributed by atoms with Crippen molar-refractivity contribution in [1.29, 1.82) is 0 Å². The molecule has 4 rings (SSSR count). The quantitative estimate of drug-likeness (QED) is 0.870. The molecule has 0 spiro atoms. The lowest BCUT2D eigenvalue weighted by Crippen LogP contribution is -2.30. The Bertz CT molecular complexity index is 671. The van der Waals surface area contributed by atoms with Crippen molar-refractivity contribution >= 4 is 0 Å². The number of fused-ring (bicyclic) bond motifs is 1. The number of aryl methyl sites for hydroxylation is 2. The van der Waals surface area contributed by atoms with Gasteiger partial charge in [-0.3, -0.25) is 0 Å².